The molecule has 22 heavy (non-hydrogen) atoms. The van der Waals surface area contributed by atoms with Crippen LogP contribution >= 0.6 is 0 Å². The third kappa shape index (κ3) is 7.45. The lowest BCUT2D eigenvalue weighted by atomic mass is 9.99. The van der Waals surface area contributed by atoms with Gasteiger partial charge in [-0.05, 0) is 68.5 Å². The fourth-order valence-electron chi connectivity index (χ4n) is 3.14. The Hall–Kier alpha value is -0.820. The van der Waals surface area contributed by atoms with E-state index in [9.17, 15) is 0 Å². The molecule has 1 heteroatoms. The summed E-state index contributed by atoms with van der Waals surface area (Å²) in [4.78, 5) is 0. The lowest BCUT2D eigenvalue weighted by Crippen LogP contribution is -2.27. The van der Waals surface area contributed by atoms with Gasteiger partial charge in [0, 0.05) is 6.04 Å². The van der Waals surface area contributed by atoms with Crippen molar-refractivity contribution in [2.75, 3.05) is 6.54 Å². The number of unbranched alkanes of at least 4 members (excludes halogenated alkanes) is 1. The summed E-state index contributed by atoms with van der Waals surface area (Å²) in [6, 6.07) is 9.98. The van der Waals surface area contributed by atoms with E-state index >= 15 is 0 Å². The summed E-state index contributed by atoms with van der Waals surface area (Å²) in [5.74, 6) is 1.80. The Labute approximate surface area is 137 Å². The molecule has 1 aromatic rings. The zero-order valence-electron chi connectivity index (χ0n) is 14.9. The molecule has 1 aliphatic carbocycles. The van der Waals surface area contributed by atoms with Crippen molar-refractivity contribution in [3.05, 3.63) is 35.4 Å². The third-order valence-electron chi connectivity index (χ3n) is 4.76. The monoisotopic (exact) mass is 301 g/mol. The van der Waals surface area contributed by atoms with Crippen LogP contribution in [-0.2, 0) is 12.8 Å². The standard InChI is InChI=1S/C21H35N/c1-17(2)16-21-12-10-19(11-13-21)7-5-4-6-18(3)22-15-14-20-8-9-20/h10-13,17-18,20,22H,4-9,14-16H2,1-3H3. The number of benzene rings is 1. The van der Waals surface area contributed by atoms with Crippen molar-refractivity contribution >= 4 is 0 Å². The van der Waals surface area contributed by atoms with E-state index in [1.54, 1.807) is 0 Å². The van der Waals surface area contributed by atoms with Crippen LogP contribution in [-0.4, -0.2) is 12.6 Å². The van der Waals surface area contributed by atoms with Crippen LogP contribution in [0.15, 0.2) is 24.3 Å². The average Bonchev–Trinajstić information content (AvgIpc) is 3.29. The Morgan fingerprint density at radius 3 is 2.32 bits per heavy atom. The molecule has 1 atom stereocenters. The predicted molar refractivity (Wildman–Crippen MR) is 97.3 cm³/mol. The summed E-state index contributed by atoms with van der Waals surface area (Å²) in [5, 5.41) is 3.68. The van der Waals surface area contributed by atoms with Crippen LogP contribution in [0.2, 0.25) is 0 Å². The molecule has 0 aromatic heterocycles. The van der Waals surface area contributed by atoms with E-state index in [2.05, 4.69) is 50.4 Å². The van der Waals surface area contributed by atoms with Gasteiger partial charge in [-0.25, -0.2) is 0 Å². The number of hydrogen-bond donors (Lipinski definition) is 1. The highest BCUT2D eigenvalue weighted by atomic mass is 14.9. The van der Waals surface area contributed by atoms with Crippen molar-refractivity contribution in [1.82, 2.24) is 5.32 Å². The largest absolute Gasteiger partial charge is 0.314 e. The second-order valence-corrected chi connectivity index (χ2v) is 7.75. The minimum absolute atomic E-state index is 0.687. The van der Waals surface area contributed by atoms with Crippen LogP contribution in [0.3, 0.4) is 0 Å². The van der Waals surface area contributed by atoms with Crippen molar-refractivity contribution in [3.63, 3.8) is 0 Å². The predicted octanol–water partition coefficient (Wildman–Crippen LogP) is 5.38. The Kier molecular flexibility index (Phi) is 7.45. The molecule has 1 nitrogen and oxygen atoms in total. The molecule has 0 amide bonds. The Balaban J connectivity index is 1.53. The highest BCUT2D eigenvalue weighted by Crippen LogP contribution is 2.31. The second kappa shape index (κ2) is 9.35. The molecule has 0 heterocycles. The van der Waals surface area contributed by atoms with Crippen LogP contribution < -0.4 is 5.32 Å². The van der Waals surface area contributed by atoms with Crippen molar-refractivity contribution < 1.29 is 0 Å². The maximum Gasteiger partial charge on any atom is 0.00387 e. The quantitative estimate of drug-likeness (QED) is 0.541. The lowest BCUT2D eigenvalue weighted by Gasteiger charge is -2.13. The van der Waals surface area contributed by atoms with Gasteiger partial charge in [0.15, 0.2) is 0 Å². The third-order valence-corrected chi connectivity index (χ3v) is 4.76. The molecule has 1 fully saturated rings. The zero-order valence-corrected chi connectivity index (χ0v) is 14.9. The van der Waals surface area contributed by atoms with Crippen molar-refractivity contribution in [3.8, 4) is 0 Å². The average molecular weight is 302 g/mol. The number of rotatable bonds is 11. The second-order valence-electron chi connectivity index (χ2n) is 7.75. The van der Waals surface area contributed by atoms with Gasteiger partial charge in [-0.3, -0.25) is 0 Å². The fourth-order valence-corrected chi connectivity index (χ4v) is 3.14. The first-order chi connectivity index (χ1) is 10.6. The van der Waals surface area contributed by atoms with Crippen LogP contribution in [0.1, 0.15) is 70.4 Å². The molecule has 1 aliphatic rings. The summed E-state index contributed by atoms with van der Waals surface area (Å²) in [7, 11) is 0. The molecule has 0 aliphatic heterocycles. The molecule has 1 unspecified atom stereocenters. The smallest absolute Gasteiger partial charge is 0.00387 e. The summed E-state index contributed by atoms with van der Waals surface area (Å²) in [6.07, 6.45) is 10.8. The van der Waals surface area contributed by atoms with E-state index < -0.39 is 0 Å². The zero-order chi connectivity index (χ0) is 15.8. The highest BCUT2D eigenvalue weighted by molar-refractivity contribution is 5.22. The van der Waals surface area contributed by atoms with Crippen LogP contribution in [0, 0.1) is 11.8 Å². The number of hydrogen-bond acceptors (Lipinski definition) is 1. The van der Waals surface area contributed by atoms with Crippen molar-refractivity contribution in [2.45, 2.75) is 78.2 Å². The topological polar surface area (TPSA) is 12.0 Å². The van der Waals surface area contributed by atoms with Gasteiger partial charge in [0.25, 0.3) is 0 Å². The summed E-state index contributed by atoms with van der Waals surface area (Å²) < 4.78 is 0. The lowest BCUT2D eigenvalue weighted by molar-refractivity contribution is 0.476. The Bertz CT molecular complexity index is 402. The fraction of sp³-hybridized carbons (Fsp3) is 0.714. The van der Waals surface area contributed by atoms with E-state index in [4.69, 9.17) is 0 Å². The van der Waals surface area contributed by atoms with Crippen molar-refractivity contribution in [2.24, 2.45) is 11.8 Å². The highest BCUT2D eigenvalue weighted by Gasteiger charge is 2.20. The maximum absolute atomic E-state index is 3.68. The number of aryl methyl sites for hydroxylation is 1. The summed E-state index contributed by atoms with van der Waals surface area (Å²) in [6.45, 7) is 8.14. The molecule has 124 valence electrons. The summed E-state index contributed by atoms with van der Waals surface area (Å²) in [5.41, 5.74) is 2.98. The van der Waals surface area contributed by atoms with Gasteiger partial charge >= 0.3 is 0 Å². The van der Waals surface area contributed by atoms with E-state index in [-0.39, 0.29) is 0 Å². The van der Waals surface area contributed by atoms with Gasteiger partial charge in [0.1, 0.15) is 0 Å². The van der Waals surface area contributed by atoms with Crippen LogP contribution in [0.5, 0.6) is 0 Å². The number of nitrogens with one attached hydrogen (secondary N) is 1. The van der Waals surface area contributed by atoms with Crippen LogP contribution in [0.25, 0.3) is 0 Å². The first-order valence-electron chi connectivity index (χ1n) is 9.44. The SMILES string of the molecule is CC(C)Cc1ccc(CCCCC(C)NCCC2CC2)cc1. The summed E-state index contributed by atoms with van der Waals surface area (Å²) >= 11 is 0. The molecule has 0 radical (unpaired) electrons. The van der Waals surface area contributed by atoms with E-state index in [0.29, 0.717) is 6.04 Å². The minimum atomic E-state index is 0.687. The molecular formula is C21H35N. The van der Waals surface area contributed by atoms with E-state index in [0.717, 1.165) is 11.8 Å². The van der Waals surface area contributed by atoms with Gasteiger partial charge in [0.05, 0.1) is 0 Å². The molecule has 1 aromatic carbocycles. The minimum Gasteiger partial charge on any atom is -0.314 e. The molecule has 0 saturated heterocycles. The Morgan fingerprint density at radius 1 is 1.00 bits per heavy atom. The van der Waals surface area contributed by atoms with Gasteiger partial charge in [-0.1, -0.05) is 57.4 Å². The van der Waals surface area contributed by atoms with Crippen molar-refractivity contribution in [1.29, 1.82) is 0 Å². The molecular weight excluding hydrogens is 266 g/mol. The molecule has 2 rings (SSSR count). The van der Waals surface area contributed by atoms with Gasteiger partial charge in [-0.2, -0.15) is 0 Å². The molecule has 0 bridgehead atoms. The maximum atomic E-state index is 3.68. The normalized spacial score (nSPS) is 16.2. The van der Waals surface area contributed by atoms with E-state index in [1.807, 2.05) is 0 Å². The van der Waals surface area contributed by atoms with Gasteiger partial charge in [-0.15, -0.1) is 0 Å². The molecule has 1 saturated carbocycles. The first-order valence-corrected chi connectivity index (χ1v) is 9.44. The first kappa shape index (κ1) is 17.5. The van der Waals surface area contributed by atoms with Gasteiger partial charge < -0.3 is 5.32 Å². The van der Waals surface area contributed by atoms with Gasteiger partial charge in [0.2, 0.25) is 0 Å². The van der Waals surface area contributed by atoms with E-state index in [1.165, 1.54) is 69.0 Å². The Morgan fingerprint density at radius 2 is 1.68 bits per heavy atom. The molecule has 1 N–H and O–H groups in total. The molecule has 0 spiro atoms. The van der Waals surface area contributed by atoms with Crippen LogP contribution in [0.4, 0.5) is 0 Å².